The minimum Gasteiger partial charge on any atom is -0.350 e. The maximum atomic E-state index is 5.83. The molecule has 2 aliphatic rings. The van der Waals surface area contributed by atoms with Crippen molar-refractivity contribution in [2.45, 2.75) is 32.0 Å². The van der Waals surface area contributed by atoms with Crippen molar-refractivity contribution < 1.29 is 9.47 Å². The maximum absolute atomic E-state index is 5.83. The molecule has 2 aromatic carbocycles. The summed E-state index contributed by atoms with van der Waals surface area (Å²) < 4.78 is 11.7. The highest BCUT2D eigenvalue weighted by Gasteiger charge is 2.23. The lowest BCUT2D eigenvalue weighted by Crippen LogP contribution is -2.32. The van der Waals surface area contributed by atoms with Crippen molar-refractivity contribution in [2.75, 3.05) is 19.8 Å². The fraction of sp³-hybridized carbons (Fsp3) is 0.360. The lowest BCUT2D eigenvalue weighted by molar-refractivity contribution is -0.180. The molecule has 0 bridgehead atoms. The van der Waals surface area contributed by atoms with Crippen molar-refractivity contribution in [3.8, 4) is 11.8 Å². The number of ether oxygens (including phenoxy) is 2. The van der Waals surface area contributed by atoms with E-state index < -0.39 is 0 Å². The van der Waals surface area contributed by atoms with Crippen LogP contribution in [0.25, 0.3) is 0 Å². The molecule has 2 N–H and O–H groups in total. The first-order chi connectivity index (χ1) is 14.7. The van der Waals surface area contributed by atoms with Crippen molar-refractivity contribution >= 4 is 11.9 Å². The molecule has 1 heterocycles. The third-order valence-electron chi connectivity index (χ3n) is 5.35. The van der Waals surface area contributed by atoms with Gasteiger partial charge in [-0.1, -0.05) is 48.2 Å². The van der Waals surface area contributed by atoms with E-state index >= 15 is 0 Å². The summed E-state index contributed by atoms with van der Waals surface area (Å²) in [6.07, 6.45) is 3.80. The fourth-order valence-electron chi connectivity index (χ4n) is 3.41. The van der Waals surface area contributed by atoms with Gasteiger partial charge in [-0.3, -0.25) is 4.99 Å². The molecular weight excluding hydrogens is 374 g/mol. The van der Waals surface area contributed by atoms with Crippen LogP contribution in [0.2, 0.25) is 0 Å². The molecule has 1 saturated carbocycles. The van der Waals surface area contributed by atoms with Gasteiger partial charge in [0, 0.05) is 29.2 Å². The number of nitrogens with zero attached hydrogens (tertiary/aromatic N) is 2. The van der Waals surface area contributed by atoms with Gasteiger partial charge in [0.05, 0.1) is 19.8 Å². The largest absolute Gasteiger partial charge is 0.350 e. The summed E-state index contributed by atoms with van der Waals surface area (Å²) in [6.45, 7) is 3.70. The molecule has 0 radical (unpaired) electrons. The SMILES string of the molecule is Cc1cc(C#CC2CC2)ccc1/C(C=NCC1OCC(c2ccccc2)CO1)=N/N. The van der Waals surface area contributed by atoms with Crippen LogP contribution in [0.1, 0.15) is 41.0 Å². The van der Waals surface area contributed by atoms with Gasteiger partial charge in [-0.2, -0.15) is 5.10 Å². The van der Waals surface area contributed by atoms with E-state index in [0.29, 0.717) is 31.4 Å². The molecule has 1 aliphatic heterocycles. The van der Waals surface area contributed by atoms with Crippen LogP contribution < -0.4 is 5.84 Å². The monoisotopic (exact) mass is 401 g/mol. The first-order valence-corrected chi connectivity index (χ1v) is 10.4. The van der Waals surface area contributed by atoms with Gasteiger partial charge in [-0.15, -0.1) is 0 Å². The van der Waals surface area contributed by atoms with E-state index in [2.05, 4.69) is 40.1 Å². The predicted molar refractivity (Wildman–Crippen MR) is 120 cm³/mol. The van der Waals surface area contributed by atoms with Crippen LogP contribution in [0, 0.1) is 24.7 Å². The lowest BCUT2D eigenvalue weighted by Gasteiger charge is -2.28. The molecule has 0 spiro atoms. The van der Waals surface area contributed by atoms with E-state index in [1.54, 1.807) is 6.21 Å². The van der Waals surface area contributed by atoms with Crippen LogP contribution >= 0.6 is 0 Å². The average Bonchev–Trinajstić information content (AvgIpc) is 3.62. The molecule has 154 valence electrons. The molecule has 1 aliphatic carbocycles. The average molecular weight is 402 g/mol. The van der Waals surface area contributed by atoms with Crippen LogP contribution in [0.4, 0.5) is 0 Å². The van der Waals surface area contributed by atoms with E-state index in [1.807, 2.05) is 37.3 Å². The Balaban J connectivity index is 1.31. The van der Waals surface area contributed by atoms with Crippen LogP contribution in [0.5, 0.6) is 0 Å². The smallest absolute Gasteiger partial charge is 0.176 e. The van der Waals surface area contributed by atoms with Crippen LogP contribution in [-0.4, -0.2) is 38.0 Å². The minimum atomic E-state index is -0.346. The third kappa shape index (κ3) is 5.35. The van der Waals surface area contributed by atoms with Gasteiger partial charge in [0.15, 0.2) is 6.29 Å². The number of aliphatic imine (C=N–C) groups is 1. The Morgan fingerprint density at radius 2 is 1.90 bits per heavy atom. The van der Waals surface area contributed by atoms with Crippen molar-refractivity contribution in [3.63, 3.8) is 0 Å². The molecule has 2 aromatic rings. The number of aryl methyl sites for hydroxylation is 1. The van der Waals surface area contributed by atoms with Gasteiger partial charge in [0.2, 0.25) is 0 Å². The summed E-state index contributed by atoms with van der Waals surface area (Å²) in [4.78, 5) is 4.46. The number of nitrogens with two attached hydrogens (primary N) is 1. The molecular formula is C25H27N3O2. The maximum Gasteiger partial charge on any atom is 0.176 e. The molecule has 5 heteroatoms. The molecule has 4 rings (SSSR count). The zero-order valence-electron chi connectivity index (χ0n) is 17.3. The van der Waals surface area contributed by atoms with E-state index in [-0.39, 0.29) is 12.2 Å². The van der Waals surface area contributed by atoms with Crippen LogP contribution in [0.3, 0.4) is 0 Å². The lowest BCUT2D eigenvalue weighted by atomic mass is 10.0. The Hall–Kier alpha value is -2.94. The molecule has 0 aromatic heterocycles. The first kappa shape index (κ1) is 20.3. The summed E-state index contributed by atoms with van der Waals surface area (Å²) in [5.74, 6) is 13.0. The number of hydrazone groups is 1. The van der Waals surface area contributed by atoms with Crippen molar-refractivity contribution in [3.05, 3.63) is 70.8 Å². The van der Waals surface area contributed by atoms with Crippen LogP contribution in [-0.2, 0) is 9.47 Å². The second kappa shape index (κ2) is 9.71. The van der Waals surface area contributed by atoms with E-state index in [0.717, 1.165) is 16.7 Å². The minimum absolute atomic E-state index is 0.261. The zero-order chi connectivity index (χ0) is 20.8. The van der Waals surface area contributed by atoms with Gasteiger partial charge in [-0.05, 0) is 43.0 Å². The van der Waals surface area contributed by atoms with Crippen molar-refractivity contribution in [2.24, 2.45) is 21.9 Å². The predicted octanol–water partition coefficient (Wildman–Crippen LogP) is 3.65. The van der Waals surface area contributed by atoms with Gasteiger partial charge in [0.1, 0.15) is 5.71 Å². The highest BCUT2D eigenvalue weighted by Crippen LogP contribution is 2.27. The van der Waals surface area contributed by atoms with Gasteiger partial charge < -0.3 is 15.3 Å². The second-order valence-corrected chi connectivity index (χ2v) is 7.79. The number of rotatable bonds is 5. The molecule has 5 nitrogen and oxygen atoms in total. The second-order valence-electron chi connectivity index (χ2n) is 7.79. The Bertz CT molecular complexity index is 976. The molecule has 1 saturated heterocycles. The fourth-order valence-corrected chi connectivity index (χ4v) is 3.41. The van der Waals surface area contributed by atoms with E-state index in [9.17, 15) is 0 Å². The third-order valence-corrected chi connectivity index (χ3v) is 5.35. The van der Waals surface area contributed by atoms with Crippen molar-refractivity contribution in [1.82, 2.24) is 0 Å². The van der Waals surface area contributed by atoms with Crippen LogP contribution in [0.15, 0.2) is 58.6 Å². The molecule has 0 unspecified atom stereocenters. The Morgan fingerprint density at radius 1 is 1.13 bits per heavy atom. The summed E-state index contributed by atoms with van der Waals surface area (Å²) in [5.41, 5.74) is 4.91. The summed E-state index contributed by atoms with van der Waals surface area (Å²) in [7, 11) is 0. The normalized spacial score (nSPS) is 22.0. The van der Waals surface area contributed by atoms with E-state index in [4.69, 9.17) is 15.3 Å². The molecule has 30 heavy (non-hydrogen) atoms. The molecule has 0 atom stereocenters. The first-order valence-electron chi connectivity index (χ1n) is 10.4. The standard InChI is InChI=1S/C25H27N3O2/c1-18-13-20(10-9-19-7-8-19)11-12-23(18)24(28-26)14-27-15-25-29-16-22(17-30-25)21-5-3-2-4-6-21/h2-6,11-14,19,22,25H,7-8,15-17,26H2,1H3/b27-14?,28-24+. The number of hydrogen-bond acceptors (Lipinski definition) is 5. The van der Waals surface area contributed by atoms with E-state index in [1.165, 1.54) is 18.4 Å². The number of hydrogen-bond donors (Lipinski definition) is 1. The highest BCUT2D eigenvalue weighted by atomic mass is 16.7. The quantitative estimate of drug-likeness (QED) is 0.360. The zero-order valence-corrected chi connectivity index (χ0v) is 17.3. The van der Waals surface area contributed by atoms with Gasteiger partial charge in [-0.25, -0.2) is 0 Å². The summed E-state index contributed by atoms with van der Waals surface area (Å²) in [6, 6.07) is 16.4. The topological polar surface area (TPSA) is 69.2 Å². The molecule has 2 fully saturated rings. The Labute approximate surface area is 178 Å². The number of benzene rings is 2. The Morgan fingerprint density at radius 3 is 2.57 bits per heavy atom. The summed E-state index contributed by atoms with van der Waals surface area (Å²) >= 11 is 0. The Kier molecular flexibility index (Phi) is 6.58. The van der Waals surface area contributed by atoms with Gasteiger partial charge >= 0.3 is 0 Å². The molecule has 0 amide bonds. The van der Waals surface area contributed by atoms with Gasteiger partial charge in [0.25, 0.3) is 0 Å². The highest BCUT2D eigenvalue weighted by molar-refractivity contribution is 6.38. The summed E-state index contributed by atoms with van der Waals surface area (Å²) in [5, 5.41) is 3.92. The van der Waals surface area contributed by atoms with Crippen molar-refractivity contribution in [1.29, 1.82) is 0 Å².